The smallest absolute Gasteiger partial charge is 0.401 e. The lowest BCUT2D eigenvalue weighted by atomic mass is 9.87. The van der Waals surface area contributed by atoms with Gasteiger partial charge in [-0.1, -0.05) is 0 Å². The summed E-state index contributed by atoms with van der Waals surface area (Å²) in [4.78, 5) is 17.0. The third kappa shape index (κ3) is 6.04. The van der Waals surface area contributed by atoms with Gasteiger partial charge in [0.2, 0.25) is 0 Å². The Labute approximate surface area is 158 Å². The minimum atomic E-state index is -4.16. The van der Waals surface area contributed by atoms with Crippen LogP contribution in [0.2, 0.25) is 0 Å². The van der Waals surface area contributed by atoms with Crippen molar-refractivity contribution < 1.29 is 27.8 Å². The first-order valence-electron chi connectivity index (χ1n) is 9.97. The van der Waals surface area contributed by atoms with Crippen LogP contribution in [0.1, 0.15) is 38.5 Å². The van der Waals surface area contributed by atoms with Gasteiger partial charge in [-0.15, -0.1) is 0 Å². The number of rotatable bonds is 6. The minimum absolute atomic E-state index is 0.0272. The largest absolute Gasteiger partial charge is 0.481 e. The fourth-order valence-corrected chi connectivity index (χ4v) is 4.38. The van der Waals surface area contributed by atoms with Crippen molar-refractivity contribution in [3.05, 3.63) is 0 Å². The summed E-state index contributed by atoms with van der Waals surface area (Å²) in [6, 6.07) is 0. The van der Waals surface area contributed by atoms with E-state index in [9.17, 15) is 18.0 Å². The third-order valence-corrected chi connectivity index (χ3v) is 5.91. The van der Waals surface area contributed by atoms with Crippen LogP contribution in [0.3, 0.4) is 0 Å². The number of ether oxygens (including phenoxy) is 1. The van der Waals surface area contributed by atoms with Gasteiger partial charge in [-0.3, -0.25) is 19.5 Å². The molecule has 0 amide bonds. The molecule has 0 aromatic rings. The summed E-state index contributed by atoms with van der Waals surface area (Å²) in [6.45, 7) is 2.92. The fourth-order valence-electron chi connectivity index (χ4n) is 4.38. The van der Waals surface area contributed by atoms with E-state index >= 15 is 0 Å². The molecule has 3 rings (SSSR count). The molecule has 1 aliphatic carbocycles. The van der Waals surface area contributed by atoms with Gasteiger partial charge in [0, 0.05) is 39.3 Å². The van der Waals surface area contributed by atoms with Crippen molar-refractivity contribution in [3.63, 3.8) is 0 Å². The van der Waals surface area contributed by atoms with Gasteiger partial charge in [-0.25, -0.2) is 0 Å². The van der Waals surface area contributed by atoms with Crippen LogP contribution < -0.4 is 0 Å². The van der Waals surface area contributed by atoms with Crippen molar-refractivity contribution in [1.29, 1.82) is 0 Å². The lowest BCUT2D eigenvalue weighted by Crippen LogP contribution is -2.58. The summed E-state index contributed by atoms with van der Waals surface area (Å²) in [5.41, 5.74) is 0. The Morgan fingerprint density at radius 1 is 0.963 bits per heavy atom. The van der Waals surface area contributed by atoms with Gasteiger partial charge in [0.1, 0.15) is 0 Å². The molecule has 0 spiro atoms. The number of hydrogen-bond acceptors (Lipinski definition) is 5. The molecule has 1 unspecified atom stereocenters. The molecule has 0 aromatic carbocycles. The number of carboxylic acids is 1. The lowest BCUT2D eigenvalue weighted by molar-refractivity contribution is -0.196. The highest BCUT2D eigenvalue weighted by Crippen LogP contribution is 2.29. The molecular formula is C18H30F3N3O3. The Hall–Kier alpha value is -0.900. The maximum absolute atomic E-state index is 12.6. The topological polar surface area (TPSA) is 56.3 Å². The van der Waals surface area contributed by atoms with Gasteiger partial charge in [0.05, 0.1) is 18.6 Å². The van der Waals surface area contributed by atoms with Crippen LogP contribution in [0, 0.1) is 5.92 Å². The summed E-state index contributed by atoms with van der Waals surface area (Å²) in [5.74, 6) is -1.01. The molecule has 1 atom stereocenters. The van der Waals surface area contributed by atoms with Crippen LogP contribution in [-0.2, 0) is 9.53 Å². The molecule has 2 saturated heterocycles. The number of carbonyl (C=O) groups is 1. The van der Waals surface area contributed by atoms with Crippen molar-refractivity contribution in [1.82, 2.24) is 14.7 Å². The number of aliphatic carboxylic acids is 1. The Bertz CT molecular complexity index is 484. The zero-order chi connectivity index (χ0) is 19.4. The van der Waals surface area contributed by atoms with E-state index in [1.165, 1.54) is 4.90 Å². The standard InChI is InChI=1S/C18H30F3N3O3/c19-18(20,21)13-22-9-11-24(12-10-22)17(23-7-1-2-8-23)27-15-5-3-14(4-6-15)16(25)26/h14-15,17H,1-13H2,(H,25,26). The van der Waals surface area contributed by atoms with Gasteiger partial charge >= 0.3 is 12.1 Å². The zero-order valence-corrected chi connectivity index (χ0v) is 15.7. The molecule has 27 heavy (non-hydrogen) atoms. The zero-order valence-electron chi connectivity index (χ0n) is 15.7. The second-order valence-electron chi connectivity index (χ2n) is 7.94. The average Bonchev–Trinajstić information content (AvgIpc) is 3.14. The van der Waals surface area contributed by atoms with E-state index < -0.39 is 18.7 Å². The highest BCUT2D eigenvalue weighted by Gasteiger charge is 2.37. The quantitative estimate of drug-likeness (QED) is 0.747. The Kier molecular flexibility index (Phi) is 6.99. The molecule has 3 fully saturated rings. The van der Waals surface area contributed by atoms with Crippen LogP contribution in [0.5, 0.6) is 0 Å². The number of carboxylic acid groups (broad SMARTS) is 1. The Morgan fingerprint density at radius 2 is 1.52 bits per heavy atom. The third-order valence-electron chi connectivity index (χ3n) is 5.91. The van der Waals surface area contributed by atoms with Crippen LogP contribution in [0.25, 0.3) is 0 Å². The molecule has 0 aromatic heterocycles. The number of halogens is 3. The van der Waals surface area contributed by atoms with E-state index in [1.54, 1.807) is 0 Å². The lowest BCUT2D eigenvalue weighted by Gasteiger charge is -2.44. The molecule has 2 aliphatic heterocycles. The molecule has 0 radical (unpaired) electrons. The first kappa shape index (κ1) is 20.8. The van der Waals surface area contributed by atoms with Gasteiger partial charge in [0.15, 0.2) is 6.35 Å². The van der Waals surface area contributed by atoms with Gasteiger partial charge < -0.3 is 9.84 Å². The first-order valence-corrected chi connectivity index (χ1v) is 9.97. The van der Waals surface area contributed by atoms with E-state index in [1.807, 2.05) is 0 Å². The summed E-state index contributed by atoms with van der Waals surface area (Å²) < 4.78 is 44.2. The summed E-state index contributed by atoms with van der Waals surface area (Å²) in [5, 5.41) is 9.15. The number of alkyl halides is 3. The second kappa shape index (κ2) is 9.07. The molecule has 1 saturated carbocycles. The van der Waals surface area contributed by atoms with E-state index in [-0.39, 0.29) is 18.4 Å². The summed E-state index contributed by atoms with van der Waals surface area (Å²) in [6.07, 6.45) is 0.615. The van der Waals surface area contributed by atoms with Crippen LogP contribution in [0.4, 0.5) is 13.2 Å². The average molecular weight is 393 g/mol. The number of likely N-dealkylation sites (tertiary alicyclic amines) is 1. The van der Waals surface area contributed by atoms with Crippen LogP contribution in [-0.4, -0.2) is 90.2 Å². The predicted octanol–water partition coefficient (Wildman–Crippen LogP) is 2.21. The molecule has 2 heterocycles. The highest BCUT2D eigenvalue weighted by molar-refractivity contribution is 5.70. The molecule has 6 nitrogen and oxygen atoms in total. The van der Waals surface area contributed by atoms with Crippen LogP contribution in [0.15, 0.2) is 0 Å². The van der Waals surface area contributed by atoms with Crippen molar-refractivity contribution in [3.8, 4) is 0 Å². The molecule has 156 valence electrons. The molecule has 3 aliphatic rings. The van der Waals surface area contributed by atoms with E-state index in [4.69, 9.17) is 9.84 Å². The van der Waals surface area contributed by atoms with Crippen molar-refractivity contribution >= 4 is 5.97 Å². The SMILES string of the molecule is O=C(O)C1CCC(OC(N2CCCC2)N2CCN(CC(F)(F)F)CC2)CC1. The minimum Gasteiger partial charge on any atom is -0.481 e. The molecule has 0 bridgehead atoms. The number of nitrogens with zero attached hydrogens (tertiary/aromatic N) is 3. The normalized spacial score (nSPS) is 30.5. The predicted molar refractivity (Wildman–Crippen MR) is 93.1 cm³/mol. The van der Waals surface area contributed by atoms with E-state index in [0.29, 0.717) is 39.0 Å². The number of hydrogen-bond donors (Lipinski definition) is 1. The monoisotopic (exact) mass is 393 g/mol. The molecule has 9 heteroatoms. The Morgan fingerprint density at radius 3 is 2.04 bits per heavy atom. The number of piperazine rings is 1. The Balaban J connectivity index is 1.54. The fraction of sp³-hybridized carbons (Fsp3) is 0.944. The maximum atomic E-state index is 12.6. The van der Waals surface area contributed by atoms with Gasteiger partial charge in [-0.05, 0) is 38.5 Å². The first-order chi connectivity index (χ1) is 12.8. The summed E-state index contributed by atoms with van der Waals surface area (Å²) in [7, 11) is 0. The van der Waals surface area contributed by atoms with Gasteiger partial charge in [-0.2, -0.15) is 13.2 Å². The van der Waals surface area contributed by atoms with Gasteiger partial charge in [0.25, 0.3) is 0 Å². The highest BCUT2D eigenvalue weighted by atomic mass is 19.4. The van der Waals surface area contributed by atoms with E-state index in [0.717, 1.165) is 38.8 Å². The van der Waals surface area contributed by atoms with Crippen molar-refractivity contribution in [2.24, 2.45) is 5.92 Å². The molecule has 1 N–H and O–H groups in total. The summed E-state index contributed by atoms with van der Waals surface area (Å²) >= 11 is 0. The molecular weight excluding hydrogens is 363 g/mol. The van der Waals surface area contributed by atoms with Crippen molar-refractivity contribution in [2.45, 2.75) is 57.2 Å². The van der Waals surface area contributed by atoms with Crippen molar-refractivity contribution in [2.75, 3.05) is 45.8 Å². The maximum Gasteiger partial charge on any atom is 0.401 e. The second-order valence-corrected chi connectivity index (χ2v) is 7.94. The van der Waals surface area contributed by atoms with E-state index in [2.05, 4.69) is 9.80 Å². The van der Waals surface area contributed by atoms with Crippen LogP contribution >= 0.6 is 0 Å².